The fourth-order valence-corrected chi connectivity index (χ4v) is 11.8. The van der Waals surface area contributed by atoms with Gasteiger partial charge in [-0.1, -0.05) is 72.9 Å². The number of rotatable bonds is 4. The van der Waals surface area contributed by atoms with Crippen LogP contribution in [0.4, 0.5) is 28.4 Å². The van der Waals surface area contributed by atoms with Gasteiger partial charge in [0.05, 0.1) is 43.2 Å². The summed E-state index contributed by atoms with van der Waals surface area (Å²) in [5.41, 5.74) is 11.6. The first kappa shape index (κ1) is 31.4. The Morgan fingerprint density at radius 3 is 1.57 bits per heavy atom. The Balaban J connectivity index is 0.880. The molecule has 3 aliphatic rings. The topological polar surface area (TPSA) is 32.3 Å². The second kappa shape index (κ2) is 12.5. The first-order valence-electron chi connectivity index (χ1n) is 17.7. The number of nitrogens with zero attached hydrogens (tertiary/aromatic N) is 4. The Morgan fingerprint density at radius 1 is 0.547 bits per heavy atom. The van der Waals surface area contributed by atoms with Crippen molar-refractivity contribution in [3.8, 4) is 21.1 Å². The molecular weight excluding hydrogens is 725 g/mol. The Kier molecular flexibility index (Phi) is 7.40. The van der Waals surface area contributed by atoms with Gasteiger partial charge in [0, 0.05) is 42.1 Å². The number of hydrogen-bond acceptors (Lipinski definition) is 8. The van der Waals surface area contributed by atoms with Crippen molar-refractivity contribution >= 4 is 95.1 Å². The monoisotopic (exact) mass is 754 g/mol. The molecule has 6 aromatic carbocycles. The van der Waals surface area contributed by atoms with Gasteiger partial charge in [0.25, 0.3) is 0 Å². The number of anilines is 5. The van der Waals surface area contributed by atoms with Gasteiger partial charge < -0.3 is 9.80 Å². The molecule has 2 aliphatic heterocycles. The lowest BCUT2D eigenvalue weighted by Gasteiger charge is -2.36. The van der Waals surface area contributed by atoms with E-state index in [0.717, 1.165) is 53.7 Å². The summed E-state index contributed by atoms with van der Waals surface area (Å²) in [6.07, 6.45) is 5.72. The first-order chi connectivity index (χ1) is 26.1. The lowest BCUT2D eigenvalue weighted by molar-refractivity contribution is 0.719. The number of fused-ring (bicyclic) bond motifs is 5. The van der Waals surface area contributed by atoms with E-state index in [1.165, 1.54) is 48.0 Å². The van der Waals surface area contributed by atoms with Crippen LogP contribution in [0.15, 0.2) is 171 Å². The van der Waals surface area contributed by atoms with E-state index in [1.807, 2.05) is 23.5 Å². The summed E-state index contributed by atoms with van der Waals surface area (Å²) in [7, 11) is 0. The summed E-state index contributed by atoms with van der Waals surface area (Å²) in [5, 5.41) is 2.05. The Labute approximate surface area is 324 Å². The molecule has 8 heteroatoms. The summed E-state index contributed by atoms with van der Waals surface area (Å²) in [4.78, 5) is 20.3. The van der Waals surface area contributed by atoms with Crippen LogP contribution < -0.4 is 9.80 Å². The molecule has 1 atom stereocenters. The van der Waals surface area contributed by atoms with Crippen LogP contribution >= 0.6 is 46.2 Å². The van der Waals surface area contributed by atoms with Crippen molar-refractivity contribution in [1.29, 1.82) is 0 Å². The fourth-order valence-electron chi connectivity index (χ4n) is 7.46. The highest BCUT2D eigenvalue weighted by Crippen LogP contribution is 2.52. The van der Waals surface area contributed by atoms with Crippen molar-refractivity contribution in [3.63, 3.8) is 0 Å². The molecule has 0 spiro atoms. The zero-order chi connectivity index (χ0) is 35.0. The summed E-state index contributed by atoms with van der Waals surface area (Å²) in [6, 6.07) is 48.2. The highest BCUT2D eigenvalue weighted by molar-refractivity contribution is 8.03. The highest BCUT2D eigenvalue weighted by atomic mass is 32.2. The van der Waals surface area contributed by atoms with Crippen molar-refractivity contribution in [3.05, 3.63) is 156 Å². The molecule has 0 fully saturated rings. The zero-order valence-corrected chi connectivity index (χ0v) is 31.8. The van der Waals surface area contributed by atoms with E-state index < -0.39 is 0 Å². The van der Waals surface area contributed by atoms with E-state index in [4.69, 9.17) is 9.97 Å². The average molecular weight is 755 g/mol. The molecule has 1 aliphatic carbocycles. The van der Waals surface area contributed by atoms with Crippen molar-refractivity contribution in [1.82, 2.24) is 9.97 Å². The molecule has 0 N–H and O–H groups in total. The molecule has 0 bridgehead atoms. The highest BCUT2D eigenvalue weighted by Gasteiger charge is 2.29. The third-order valence-corrected chi connectivity index (χ3v) is 14.5. The van der Waals surface area contributed by atoms with E-state index in [9.17, 15) is 0 Å². The zero-order valence-electron chi connectivity index (χ0n) is 28.6. The van der Waals surface area contributed by atoms with Gasteiger partial charge in [0.2, 0.25) is 0 Å². The number of thioether (sulfide) groups is 1. The number of benzene rings is 6. The molecule has 4 heterocycles. The van der Waals surface area contributed by atoms with Crippen LogP contribution in [0.25, 0.3) is 41.6 Å². The molecule has 2 aromatic heterocycles. The van der Waals surface area contributed by atoms with E-state index in [-0.39, 0.29) is 0 Å². The molecule has 4 nitrogen and oxygen atoms in total. The van der Waals surface area contributed by atoms with Crippen LogP contribution in [-0.2, 0) is 0 Å². The largest absolute Gasteiger partial charge is 0.309 e. The van der Waals surface area contributed by atoms with Gasteiger partial charge >= 0.3 is 0 Å². The predicted molar refractivity (Wildman–Crippen MR) is 227 cm³/mol. The molecule has 0 saturated heterocycles. The summed E-state index contributed by atoms with van der Waals surface area (Å²) >= 11 is 7.22. The van der Waals surface area contributed by atoms with Crippen molar-refractivity contribution in [2.45, 2.75) is 28.0 Å². The lowest BCUT2D eigenvalue weighted by atomic mass is 9.99. The molecule has 0 saturated carbocycles. The number of para-hydroxylation sites is 3. The number of allylic oxidation sites excluding steroid dienone is 3. The minimum absolute atomic E-state index is 0.556. The van der Waals surface area contributed by atoms with Gasteiger partial charge in [-0.2, -0.15) is 0 Å². The van der Waals surface area contributed by atoms with Crippen molar-refractivity contribution in [2.24, 2.45) is 5.92 Å². The maximum atomic E-state index is 5.12. The van der Waals surface area contributed by atoms with Gasteiger partial charge in [-0.15, -0.1) is 22.7 Å². The van der Waals surface area contributed by atoms with Gasteiger partial charge in [-0.3, -0.25) is 0 Å². The smallest absolute Gasteiger partial charge is 0.124 e. The van der Waals surface area contributed by atoms with E-state index >= 15 is 0 Å². The maximum Gasteiger partial charge on any atom is 0.124 e. The Bertz CT molecular complexity index is 2700. The number of hydrogen-bond donors (Lipinski definition) is 0. The van der Waals surface area contributed by atoms with Crippen LogP contribution in [0.2, 0.25) is 0 Å². The van der Waals surface area contributed by atoms with E-state index in [1.54, 1.807) is 22.7 Å². The summed E-state index contributed by atoms with van der Waals surface area (Å²) in [6.45, 7) is 2.30. The number of aromatic nitrogens is 2. The molecule has 254 valence electrons. The second-order valence-electron chi connectivity index (χ2n) is 13.5. The molecule has 8 aromatic rings. The van der Waals surface area contributed by atoms with E-state index in [0.29, 0.717) is 5.92 Å². The van der Waals surface area contributed by atoms with Gasteiger partial charge in [-0.05, 0) is 115 Å². The summed E-state index contributed by atoms with van der Waals surface area (Å²) < 4.78 is 2.31. The number of thiazole rings is 2. The molecule has 0 amide bonds. The van der Waals surface area contributed by atoms with Crippen LogP contribution in [0.5, 0.6) is 0 Å². The third kappa shape index (κ3) is 5.35. The lowest BCUT2D eigenvalue weighted by Crippen LogP contribution is -2.22. The SMILES string of the molecule is CC1C=CC2=C(C1)Sc1ccccc1N2c1ccc(-c2nc3cc4sc(-c5ccc(N6c7ccccc7Sc7ccccc76)cc5)nc4cc3s2)cc1. The van der Waals surface area contributed by atoms with Gasteiger partial charge in [0.1, 0.15) is 10.0 Å². The molecule has 1 unspecified atom stereocenters. The Hall–Kier alpha value is -5.12. The average Bonchev–Trinajstić information content (AvgIpc) is 3.81. The van der Waals surface area contributed by atoms with Crippen LogP contribution in [0.3, 0.4) is 0 Å². The van der Waals surface area contributed by atoms with Crippen LogP contribution in [-0.4, -0.2) is 9.97 Å². The molecule has 0 radical (unpaired) electrons. The fraction of sp³-hybridized carbons (Fsp3) is 0.0667. The first-order valence-corrected chi connectivity index (χ1v) is 21.0. The minimum atomic E-state index is 0.556. The predicted octanol–water partition coefficient (Wildman–Crippen LogP) is 14.2. The second-order valence-corrected chi connectivity index (χ2v) is 17.8. The normalized spacial score (nSPS) is 16.1. The van der Waals surface area contributed by atoms with Crippen LogP contribution in [0, 0.1) is 5.92 Å². The van der Waals surface area contributed by atoms with Crippen LogP contribution in [0.1, 0.15) is 13.3 Å². The third-order valence-electron chi connectivity index (χ3n) is 10.0. The molecular formula is C45H30N4S4. The quantitative estimate of drug-likeness (QED) is 0.178. The van der Waals surface area contributed by atoms with Crippen molar-refractivity contribution < 1.29 is 0 Å². The van der Waals surface area contributed by atoms with E-state index in [2.05, 4.69) is 162 Å². The van der Waals surface area contributed by atoms with Gasteiger partial charge in [0.15, 0.2) is 0 Å². The summed E-state index contributed by atoms with van der Waals surface area (Å²) in [5.74, 6) is 0.556. The molecule has 11 rings (SSSR count). The Morgan fingerprint density at radius 2 is 1.02 bits per heavy atom. The molecule has 53 heavy (non-hydrogen) atoms. The standard InChI is InChI=1S/C45H30N4S4/c1-27-14-23-37-43(24-27)51-40-13-7-4-10-36(40)49(37)31-21-17-29(18-22-31)45-47-33-26-41-32(25-42(33)53-45)46-44(52-41)28-15-19-30(20-16-28)48-34-8-2-5-11-38(34)50-39-12-6-3-9-35(39)48/h2-23,25-27H,24H2,1H3. The minimum Gasteiger partial charge on any atom is -0.309 e. The van der Waals surface area contributed by atoms with Crippen molar-refractivity contribution in [2.75, 3.05) is 9.80 Å². The maximum absolute atomic E-state index is 5.12. The van der Waals surface area contributed by atoms with Gasteiger partial charge in [-0.25, -0.2) is 9.97 Å².